The molecular weight excluding hydrogens is 302 g/mol. The van der Waals surface area contributed by atoms with Crippen molar-refractivity contribution in [3.05, 3.63) is 28.7 Å². The van der Waals surface area contributed by atoms with Gasteiger partial charge in [0, 0.05) is 11.0 Å². The zero-order valence-corrected chi connectivity index (χ0v) is 11.1. The predicted molar refractivity (Wildman–Crippen MR) is 70.8 cm³/mol. The van der Waals surface area contributed by atoms with Crippen LogP contribution in [0.15, 0.2) is 28.7 Å². The zero-order chi connectivity index (χ0) is 13.5. The second-order valence-corrected chi connectivity index (χ2v) is 4.43. The van der Waals surface area contributed by atoms with E-state index in [1.165, 1.54) is 0 Å². The van der Waals surface area contributed by atoms with Crippen molar-refractivity contribution in [1.82, 2.24) is 5.32 Å². The summed E-state index contributed by atoms with van der Waals surface area (Å²) in [5, 5.41) is 14.4. The molecule has 0 aliphatic rings. The molecule has 18 heavy (non-hydrogen) atoms. The van der Waals surface area contributed by atoms with Crippen LogP contribution < -0.4 is 16.4 Å². The molecule has 0 aliphatic carbocycles. The Morgan fingerprint density at radius 1 is 1.39 bits per heavy atom. The molecule has 2 amide bonds. The SMILES string of the molecule is NC(=O)C(O)CNCC(=O)Nc1ccccc1Br. The van der Waals surface area contributed by atoms with Gasteiger partial charge in [0.1, 0.15) is 6.10 Å². The number of aliphatic hydroxyl groups is 1. The van der Waals surface area contributed by atoms with E-state index in [9.17, 15) is 9.59 Å². The first kappa shape index (κ1) is 14.6. The molecule has 1 rings (SSSR count). The number of primary amides is 1. The number of amides is 2. The first-order valence-electron chi connectivity index (χ1n) is 5.23. The van der Waals surface area contributed by atoms with Gasteiger partial charge in [0.05, 0.1) is 12.2 Å². The summed E-state index contributed by atoms with van der Waals surface area (Å²) in [4.78, 5) is 22.1. The van der Waals surface area contributed by atoms with Gasteiger partial charge < -0.3 is 21.5 Å². The second kappa shape index (κ2) is 7.10. The zero-order valence-electron chi connectivity index (χ0n) is 9.52. The summed E-state index contributed by atoms with van der Waals surface area (Å²) >= 11 is 3.30. The molecule has 1 aromatic rings. The van der Waals surface area contributed by atoms with Crippen LogP contribution >= 0.6 is 15.9 Å². The average molecular weight is 316 g/mol. The number of para-hydroxylation sites is 1. The Labute approximate surface area is 113 Å². The summed E-state index contributed by atoms with van der Waals surface area (Å²) in [6.45, 7) is -0.0790. The van der Waals surface area contributed by atoms with E-state index in [2.05, 4.69) is 26.6 Å². The molecule has 0 saturated heterocycles. The number of nitrogens with one attached hydrogen (secondary N) is 2. The minimum atomic E-state index is -1.29. The summed E-state index contributed by atoms with van der Waals surface area (Å²) < 4.78 is 0.774. The summed E-state index contributed by atoms with van der Waals surface area (Å²) in [7, 11) is 0. The monoisotopic (exact) mass is 315 g/mol. The molecule has 0 heterocycles. The van der Waals surface area contributed by atoms with Crippen LogP contribution in [-0.4, -0.2) is 36.1 Å². The van der Waals surface area contributed by atoms with Crippen molar-refractivity contribution >= 4 is 33.4 Å². The topological polar surface area (TPSA) is 104 Å². The molecule has 98 valence electrons. The molecule has 7 heteroatoms. The van der Waals surface area contributed by atoms with Crippen LogP contribution in [0.25, 0.3) is 0 Å². The normalized spacial score (nSPS) is 11.9. The van der Waals surface area contributed by atoms with E-state index in [0.717, 1.165) is 4.47 Å². The highest BCUT2D eigenvalue weighted by Crippen LogP contribution is 2.20. The molecule has 0 spiro atoms. The second-order valence-electron chi connectivity index (χ2n) is 3.58. The summed E-state index contributed by atoms with van der Waals surface area (Å²) in [6, 6.07) is 7.19. The van der Waals surface area contributed by atoms with Gasteiger partial charge >= 0.3 is 0 Å². The van der Waals surface area contributed by atoms with Crippen LogP contribution in [0.1, 0.15) is 0 Å². The summed E-state index contributed by atoms with van der Waals surface area (Å²) in [5.74, 6) is -1.10. The number of carbonyl (C=O) groups is 2. The molecule has 1 aromatic carbocycles. The van der Waals surface area contributed by atoms with E-state index < -0.39 is 12.0 Å². The standard InChI is InChI=1S/C11H14BrN3O3/c12-7-3-1-2-4-8(7)15-10(17)6-14-5-9(16)11(13)18/h1-4,9,14,16H,5-6H2,(H2,13,18)(H,15,17). The molecule has 6 nitrogen and oxygen atoms in total. The Hall–Kier alpha value is -1.44. The van der Waals surface area contributed by atoms with Crippen molar-refractivity contribution in [2.75, 3.05) is 18.4 Å². The highest BCUT2D eigenvalue weighted by Gasteiger charge is 2.11. The van der Waals surface area contributed by atoms with Gasteiger partial charge in [0.2, 0.25) is 11.8 Å². The third-order valence-electron chi connectivity index (χ3n) is 2.10. The lowest BCUT2D eigenvalue weighted by atomic mass is 10.3. The lowest BCUT2D eigenvalue weighted by Gasteiger charge is -2.09. The van der Waals surface area contributed by atoms with Crippen LogP contribution in [0.5, 0.6) is 0 Å². The number of hydrogen-bond donors (Lipinski definition) is 4. The van der Waals surface area contributed by atoms with Crippen molar-refractivity contribution in [2.24, 2.45) is 5.73 Å². The van der Waals surface area contributed by atoms with Crippen LogP contribution in [0.2, 0.25) is 0 Å². The molecule has 0 fully saturated rings. The van der Waals surface area contributed by atoms with Gasteiger partial charge in [0.15, 0.2) is 0 Å². The van der Waals surface area contributed by atoms with Gasteiger partial charge in [0.25, 0.3) is 0 Å². The largest absolute Gasteiger partial charge is 0.382 e. The highest BCUT2D eigenvalue weighted by atomic mass is 79.9. The Bertz CT molecular complexity index is 439. The molecule has 0 aliphatic heterocycles. The molecule has 5 N–H and O–H groups in total. The smallest absolute Gasteiger partial charge is 0.247 e. The maximum absolute atomic E-state index is 11.5. The highest BCUT2D eigenvalue weighted by molar-refractivity contribution is 9.10. The minimum absolute atomic E-state index is 0.0221. The van der Waals surface area contributed by atoms with Crippen molar-refractivity contribution in [3.8, 4) is 0 Å². The maximum Gasteiger partial charge on any atom is 0.247 e. The quantitative estimate of drug-likeness (QED) is 0.584. The van der Waals surface area contributed by atoms with E-state index in [1.807, 2.05) is 6.07 Å². The Kier molecular flexibility index (Phi) is 5.76. The van der Waals surface area contributed by atoms with Gasteiger partial charge in [-0.25, -0.2) is 0 Å². The van der Waals surface area contributed by atoms with Crippen molar-refractivity contribution in [1.29, 1.82) is 0 Å². The van der Waals surface area contributed by atoms with Crippen LogP contribution in [0, 0.1) is 0 Å². The Balaban J connectivity index is 2.35. The minimum Gasteiger partial charge on any atom is -0.382 e. The third kappa shape index (κ3) is 4.82. The first-order valence-corrected chi connectivity index (χ1v) is 6.02. The molecule has 0 bridgehead atoms. The number of benzene rings is 1. The molecule has 1 atom stereocenters. The van der Waals surface area contributed by atoms with Gasteiger partial charge in [-0.1, -0.05) is 12.1 Å². The molecule has 1 unspecified atom stereocenters. The van der Waals surface area contributed by atoms with Crippen molar-refractivity contribution in [2.45, 2.75) is 6.10 Å². The first-order chi connectivity index (χ1) is 8.50. The van der Waals surface area contributed by atoms with Gasteiger partial charge in [-0.15, -0.1) is 0 Å². The molecule has 0 saturated carbocycles. The number of nitrogens with two attached hydrogens (primary N) is 1. The number of halogens is 1. The van der Waals surface area contributed by atoms with E-state index in [4.69, 9.17) is 10.8 Å². The molecule has 0 radical (unpaired) electrons. The van der Waals surface area contributed by atoms with E-state index >= 15 is 0 Å². The van der Waals surface area contributed by atoms with Gasteiger partial charge in [-0.3, -0.25) is 9.59 Å². The Morgan fingerprint density at radius 3 is 2.67 bits per heavy atom. The van der Waals surface area contributed by atoms with E-state index in [0.29, 0.717) is 5.69 Å². The van der Waals surface area contributed by atoms with Crippen molar-refractivity contribution in [3.63, 3.8) is 0 Å². The average Bonchev–Trinajstić information content (AvgIpc) is 2.32. The Morgan fingerprint density at radius 2 is 2.06 bits per heavy atom. The van der Waals surface area contributed by atoms with Gasteiger partial charge in [-0.05, 0) is 28.1 Å². The number of aliphatic hydroxyl groups excluding tert-OH is 1. The number of carbonyl (C=O) groups excluding carboxylic acids is 2. The lowest BCUT2D eigenvalue weighted by molar-refractivity contribution is -0.126. The van der Waals surface area contributed by atoms with E-state index in [1.54, 1.807) is 18.2 Å². The number of anilines is 1. The fraction of sp³-hybridized carbons (Fsp3) is 0.273. The fourth-order valence-electron chi connectivity index (χ4n) is 1.18. The summed E-state index contributed by atoms with van der Waals surface area (Å²) in [5.41, 5.74) is 5.51. The van der Waals surface area contributed by atoms with Gasteiger partial charge in [-0.2, -0.15) is 0 Å². The molecule has 0 aromatic heterocycles. The van der Waals surface area contributed by atoms with Crippen LogP contribution in [-0.2, 0) is 9.59 Å². The molecular formula is C11H14BrN3O3. The lowest BCUT2D eigenvalue weighted by Crippen LogP contribution is -2.40. The third-order valence-corrected chi connectivity index (χ3v) is 2.79. The van der Waals surface area contributed by atoms with Crippen molar-refractivity contribution < 1.29 is 14.7 Å². The van der Waals surface area contributed by atoms with Crippen LogP contribution in [0.4, 0.5) is 5.69 Å². The number of hydrogen-bond acceptors (Lipinski definition) is 4. The van der Waals surface area contributed by atoms with E-state index in [-0.39, 0.29) is 19.0 Å². The number of rotatable bonds is 6. The van der Waals surface area contributed by atoms with Crippen LogP contribution in [0.3, 0.4) is 0 Å². The summed E-state index contributed by atoms with van der Waals surface area (Å²) in [6.07, 6.45) is -1.29. The predicted octanol–water partition coefficient (Wildman–Crippen LogP) is -0.177. The maximum atomic E-state index is 11.5. The fourth-order valence-corrected chi connectivity index (χ4v) is 1.56.